The van der Waals surface area contributed by atoms with E-state index in [9.17, 15) is 38.9 Å². The number of H-pyrrole nitrogens is 2. The maximum atomic E-state index is 11.4. The second-order valence-electron chi connectivity index (χ2n) is 15.6. The Hall–Kier alpha value is -7.00. The van der Waals surface area contributed by atoms with Crippen molar-refractivity contribution in [3.63, 3.8) is 0 Å². The third-order valence-electron chi connectivity index (χ3n) is 11.2. The summed E-state index contributed by atoms with van der Waals surface area (Å²) < 4.78 is 108. The van der Waals surface area contributed by atoms with Crippen LogP contribution in [0.25, 0.3) is 90.9 Å². The van der Waals surface area contributed by atoms with E-state index in [0.717, 1.165) is 55.4 Å². The highest BCUT2D eigenvalue weighted by molar-refractivity contribution is 7.86. The summed E-state index contributed by atoms with van der Waals surface area (Å²) in [5.41, 5.74) is 11.4. The lowest BCUT2D eigenvalue weighted by atomic mass is 10.0. The highest BCUT2D eigenvalue weighted by atomic mass is 32.2. The molecule has 8 bridgehead atoms. The summed E-state index contributed by atoms with van der Waals surface area (Å²) in [6.45, 7) is -0.0755. The molecule has 0 spiro atoms. The number of hydrogen-bond donors (Lipinski definition) is 2. The molecule has 66 heavy (non-hydrogen) atoms. The van der Waals surface area contributed by atoms with Gasteiger partial charge in [-0.15, -0.1) is 0 Å². The zero-order valence-electron chi connectivity index (χ0n) is 34.8. The number of aryl methyl sites for hydroxylation is 3. The van der Waals surface area contributed by atoms with E-state index in [0.29, 0.717) is 33.9 Å². The van der Waals surface area contributed by atoms with Crippen molar-refractivity contribution in [2.24, 2.45) is 0 Å². The summed E-state index contributed by atoms with van der Waals surface area (Å²) in [5, 5.41) is 0. The second kappa shape index (κ2) is 17.8. The van der Waals surface area contributed by atoms with E-state index in [1.807, 2.05) is 103 Å². The fourth-order valence-electron chi connectivity index (χ4n) is 8.00. The molecule has 334 valence electrons. The molecule has 0 fully saturated rings. The van der Waals surface area contributed by atoms with E-state index in [4.69, 9.17) is 9.97 Å². The summed E-state index contributed by atoms with van der Waals surface area (Å²) in [6.07, 6.45) is 17.8. The number of fused-ring (bicyclic) bond motifs is 8. The van der Waals surface area contributed by atoms with E-state index in [-0.39, 0.29) is 19.6 Å². The number of hydrogen-bond acceptors (Lipinski definition) is 11. The minimum Gasteiger partial charge on any atom is -0.748 e. The minimum absolute atomic E-state index is 0.0183. The van der Waals surface area contributed by atoms with Crippen LogP contribution in [0.3, 0.4) is 0 Å². The van der Waals surface area contributed by atoms with Crippen molar-refractivity contribution in [2.75, 3.05) is 17.3 Å². The monoisotopic (exact) mass is 941 g/mol. The first-order chi connectivity index (χ1) is 31.5. The summed E-state index contributed by atoms with van der Waals surface area (Å²) in [5.74, 6) is -1.70. The Kier molecular flexibility index (Phi) is 11.9. The van der Waals surface area contributed by atoms with E-state index in [2.05, 4.69) is 9.97 Å². The average Bonchev–Trinajstić information content (AvgIpc) is 4.13. The van der Waals surface area contributed by atoms with Crippen molar-refractivity contribution in [2.45, 2.75) is 19.6 Å². The first-order valence-electron chi connectivity index (χ1n) is 20.5. The molecular weight excluding hydrogens is 903 g/mol. The van der Waals surface area contributed by atoms with Crippen LogP contribution in [0.2, 0.25) is 0 Å². The van der Waals surface area contributed by atoms with Crippen LogP contribution >= 0.6 is 0 Å². The minimum atomic E-state index is -4.45. The zero-order valence-corrected chi connectivity index (χ0v) is 37.3. The van der Waals surface area contributed by atoms with Crippen molar-refractivity contribution in [1.82, 2.24) is 19.9 Å². The third kappa shape index (κ3) is 10.1. The van der Waals surface area contributed by atoms with Gasteiger partial charge in [0.25, 0.3) is 0 Å². The smallest absolute Gasteiger partial charge is 0.169 e. The van der Waals surface area contributed by atoms with Crippen molar-refractivity contribution >= 4 is 76.7 Å². The number of aromatic nitrogens is 7. The van der Waals surface area contributed by atoms with Gasteiger partial charge in [0.1, 0.15) is 30.4 Å². The molecule has 0 unspecified atom stereocenters. The molecule has 0 atom stereocenters. The van der Waals surface area contributed by atoms with Crippen LogP contribution in [0.5, 0.6) is 0 Å². The van der Waals surface area contributed by atoms with Gasteiger partial charge in [-0.05, 0) is 70.8 Å². The summed E-state index contributed by atoms with van der Waals surface area (Å²) in [6, 6.07) is 28.8. The van der Waals surface area contributed by atoms with Gasteiger partial charge in [-0.3, -0.25) is 0 Å². The molecule has 0 amide bonds. The number of nitrogens with one attached hydrogen (secondary N) is 2. The quantitative estimate of drug-likeness (QED) is 0.117. The summed E-state index contributed by atoms with van der Waals surface area (Å²) >= 11 is 0. The standard InChI is InChI=1S/C47H39N7O9S3/c55-64(56,57)29-26-52-20-14-33(15-21-52)45-38-8-6-36(48-38)44(32-4-2-1-3-5-32)37-7-9-39(49-37)46(34-16-22-53(23-17-34)27-30-65(58,59)60)41-11-13-43(51-41)47(42-12-10-40(45)50-42)35-18-24-54(25-19-35)28-31-66(61,62)63/h1-25H,26-31H2,(H2-2,48,49,50,51,55,56,57,58,59,60,61,62,63). The third-order valence-corrected chi connectivity index (χ3v) is 13.2. The lowest BCUT2D eigenvalue weighted by molar-refractivity contribution is -0.692. The van der Waals surface area contributed by atoms with Crippen LogP contribution in [0.4, 0.5) is 0 Å². The molecule has 8 heterocycles. The number of aromatic amines is 2. The molecule has 16 nitrogen and oxygen atoms in total. The highest BCUT2D eigenvalue weighted by Gasteiger charge is 2.21. The predicted octanol–water partition coefficient (Wildman–Crippen LogP) is 4.82. The molecule has 2 aliphatic rings. The molecule has 6 aromatic heterocycles. The summed E-state index contributed by atoms with van der Waals surface area (Å²) in [7, 11) is -13.3. The van der Waals surface area contributed by atoms with Gasteiger partial charge in [0, 0.05) is 80.7 Å². The van der Waals surface area contributed by atoms with E-state index in [1.54, 1.807) is 63.0 Å². The molecule has 2 aliphatic heterocycles. The zero-order chi connectivity index (χ0) is 46.2. The number of benzene rings is 1. The summed E-state index contributed by atoms with van der Waals surface area (Å²) in [4.78, 5) is 17.8. The topological polar surface area (TPSA) is 241 Å². The van der Waals surface area contributed by atoms with Crippen molar-refractivity contribution in [3.8, 4) is 44.5 Å². The van der Waals surface area contributed by atoms with E-state index in [1.165, 1.54) is 0 Å². The first-order valence-corrected chi connectivity index (χ1v) is 25.3. The molecule has 0 saturated heterocycles. The number of pyridine rings is 3. The van der Waals surface area contributed by atoms with Gasteiger partial charge >= 0.3 is 0 Å². The van der Waals surface area contributed by atoms with Gasteiger partial charge in [0.15, 0.2) is 56.8 Å². The fraction of sp³-hybridized carbons (Fsp3) is 0.128. The van der Waals surface area contributed by atoms with Gasteiger partial charge in [0.2, 0.25) is 0 Å². The van der Waals surface area contributed by atoms with Crippen LogP contribution < -0.4 is 13.7 Å². The van der Waals surface area contributed by atoms with Crippen LogP contribution in [0, 0.1) is 0 Å². The van der Waals surface area contributed by atoms with Crippen LogP contribution in [-0.2, 0) is 50.0 Å². The van der Waals surface area contributed by atoms with Gasteiger partial charge in [-0.2, -0.15) is 0 Å². The van der Waals surface area contributed by atoms with Gasteiger partial charge in [-0.1, -0.05) is 30.3 Å². The Balaban J connectivity index is 1.33. The molecule has 19 heteroatoms. The van der Waals surface area contributed by atoms with Crippen LogP contribution in [-0.4, -0.2) is 76.1 Å². The highest BCUT2D eigenvalue weighted by Crippen LogP contribution is 2.38. The van der Waals surface area contributed by atoms with Gasteiger partial charge in [0.05, 0.1) is 40.0 Å². The largest absolute Gasteiger partial charge is 0.748 e. The lowest BCUT2D eigenvalue weighted by Gasteiger charge is -2.07. The Morgan fingerprint density at radius 2 is 0.667 bits per heavy atom. The first kappa shape index (κ1) is 44.2. The molecule has 2 N–H and O–H groups in total. The lowest BCUT2D eigenvalue weighted by Crippen LogP contribution is -2.36. The van der Waals surface area contributed by atoms with Crippen LogP contribution in [0.1, 0.15) is 22.8 Å². The fourth-order valence-corrected chi connectivity index (χ4v) is 9.30. The van der Waals surface area contributed by atoms with Crippen molar-refractivity contribution in [3.05, 3.63) is 151 Å². The maximum absolute atomic E-state index is 11.4. The average molecular weight is 942 g/mol. The normalized spacial score (nSPS) is 12.8. The van der Waals surface area contributed by atoms with Crippen molar-refractivity contribution < 1.29 is 52.6 Å². The Morgan fingerprint density at radius 3 is 1.00 bits per heavy atom. The van der Waals surface area contributed by atoms with Gasteiger partial charge in [-0.25, -0.2) is 48.9 Å². The SMILES string of the molecule is O=S(=O)([O-])CC[n+]1ccc(-c2c3nc(c(-c4cc[n+](CCS(=O)(=O)[O-])cc4)c4ccc([nH]4)c(-c4ccccc4)c4ccc([nH]4)c(-c4cc[n+](CCS(=O)(=O)[O-])cc4)c4nc2C=C4)C=C3)cc1. The number of rotatable bonds is 13. The molecule has 9 rings (SSSR count). The predicted molar refractivity (Wildman–Crippen MR) is 245 cm³/mol. The Labute approximate surface area is 379 Å². The molecular formula is C47H39N7O9S3. The second-order valence-corrected chi connectivity index (χ2v) is 20.2. The Bertz CT molecular complexity index is 3420. The van der Waals surface area contributed by atoms with E-state index < -0.39 is 47.6 Å². The van der Waals surface area contributed by atoms with Crippen molar-refractivity contribution in [1.29, 1.82) is 0 Å². The Morgan fingerprint density at radius 1 is 0.379 bits per heavy atom. The molecule has 7 aromatic rings. The van der Waals surface area contributed by atoms with Crippen LogP contribution in [0.15, 0.2) is 128 Å². The maximum Gasteiger partial charge on any atom is 0.169 e. The number of nitrogens with zero attached hydrogens (tertiary/aromatic N) is 5. The molecule has 1 aromatic carbocycles. The molecule has 0 radical (unpaired) electrons. The van der Waals surface area contributed by atoms with Gasteiger partial charge < -0.3 is 23.6 Å². The molecule has 0 saturated carbocycles. The molecule has 0 aliphatic carbocycles. The van der Waals surface area contributed by atoms with E-state index >= 15 is 0 Å².